The molecule has 1 saturated heterocycles. The van der Waals surface area contributed by atoms with Gasteiger partial charge in [0.25, 0.3) is 0 Å². The van der Waals surface area contributed by atoms with Crippen molar-refractivity contribution < 1.29 is 19.1 Å². The number of methoxy groups -OCH3 is 1. The van der Waals surface area contributed by atoms with Gasteiger partial charge < -0.3 is 15.4 Å². The largest absolute Gasteiger partial charge is 0.384 e. The second kappa shape index (κ2) is 6.21. The highest BCUT2D eigenvalue weighted by Crippen LogP contribution is 2.40. The van der Waals surface area contributed by atoms with Gasteiger partial charge in [-0.1, -0.05) is 6.42 Å². The number of amides is 4. The fourth-order valence-corrected chi connectivity index (χ4v) is 2.68. The molecule has 2 rings (SSSR count). The van der Waals surface area contributed by atoms with Gasteiger partial charge in [-0.3, -0.25) is 14.9 Å². The standard InChI is InChI=1S/C13H21N3O4/c1-20-8-13(5-2-6-13)7-14-11(18)9-3-4-10(17)16-12(19)15-9/h9H,2-8H2,1H3,(H,14,18)(H2,15,16,17,19)/t9-/m0/s1. The highest BCUT2D eigenvalue weighted by molar-refractivity contribution is 5.98. The average molecular weight is 283 g/mol. The summed E-state index contributed by atoms with van der Waals surface area (Å²) in [5.41, 5.74) is 0.0349. The molecule has 3 N–H and O–H groups in total. The van der Waals surface area contributed by atoms with Crippen molar-refractivity contribution in [3.05, 3.63) is 0 Å². The van der Waals surface area contributed by atoms with Crippen LogP contribution >= 0.6 is 0 Å². The van der Waals surface area contributed by atoms with E-state index in [1.165, 1.54) is 0 Å². The van der Waals surface area contributed by atoms with Crippen LogP contribution in [0.25, 0.3) is 0 Å². The molecule has 20 heavy (non-hydrogen) atoms. The van der Waals surface area contributed by atoms with Crippen molar-refractivity contribution in [1.29, 1.82) is 0 Å². The molecule has 0 bridgehead atoms. The van der Waals surface area contributed by atoms with Crippen LogP contribution in [0.3, 0.4) is 0 Å². The quantitative estimate of drug-likeness (QED) is 0.657. The lowest BCUT2D eigenvalue weighted by Crippen LogP contribution is -2.52. The molecule has 7 heteroatoms. The van der Waals surface area contributed by atoms with Gasteiger partial charge in [0.1, 0.15) is 6.04 Å². The van der Waals surface area contributed by atoms with E-state index in [1.807, 2.05) is 0 Å². The molecular weight excluding hydrogens is 262 g/mol. The number of carbonyl (C=O) groups is 3. The van der Waals surface area contributed by atoms with Gasteiger partial charge in [0, 0.05) is 25.5 Å². The number of rotatable bonds is 5. The van der Waals surface area contributed by atoms with E-state index in [2.05, 4.69) is 16.0 Å². The van der Waals surface area contributed by atoms with Crippen LogP contribution in [0.5, 0.6) is 0 Å². The third-order valence-corrected chi connectivity index (χ3v) is 4.04. The zero-order valence-electron chi connectivity index (χ0n) is 11.7. The molecule has 112 valence electrons. The van der Waals surface area contributed by atoms with Crippen molar-refractivity contribution in [3.8, 4) is 0 Å². The van der Waals surface area contributed by atoms with Gasteiger partial charge in [0.15, 0.2) is 0 Å². The molecule has 0 unspecified atom stereocenters. The first-order chi connectivity index (χ1) is 9.54. The summed E-state index contributed by atoms with van der Waals surface area (Å²) in [6.45, 7) is 1.18. The Morgan fingerprint density at radius 3 is 2.80 bits per heavy atom. The predicted molar refractivity (Wildman–Crippen MR) is 70.9 cm³/mol. The number of carbonyl (C=O) groups excluding carboxylic acids is 3. The number of nitrogens with one attached hydrogen (secondary N) is 3. The molecule has 1 heterocycles. The minimum atomic E-state index is -0.652. The second-order valence-electron chi connectivity index (χ2n) is 5.62. The molecule has 1 aliphatic heterocycles. The van der Waals surface area contributed by atoms with E-state index in [-0.39, 0.29) is 23.7 Å². The molecule has 0 aromatic carbocycles. The molecule has 1 saturated carbocycles. The lowest BCUT2D eigenvalue weighted by molar-refractivity contribution is -0.124. The van der Waals surface area contributed by atoms with Crippen molar-refractivity contribution in [3.63, 3.8) is 0 Å². The van der Waals surface area contributed by atoms with E-state index in [1.54, 1.807) is 7.11 Å². The van der Waals surface area contributed by atoms with Gasteiger partial charge in [-0.15, -0.1) is 0 Å². The maximum atomic E-state index is 12.1. The summed E-state index contributed by atoms with van der Waals surface area (Å²) in [4.78, 5) is 34.6. The van der Waals surface area contributed by atoms with Gasteiger partial charge in [-0.25, -0.2) is 4.79 Å². The smallest absolute Gasteiger partial charge is 0.322 e. The Morgan fingerprint density at radius 2 is 2.20 bits per heavy atom. The molecule has 2 aliphatic rings. The van der Waals surface area contributed by atoms with E-state index in [4.69, 9.17) is 4.74 Å². The SMILES string of the molecule is COCC1(CNC(=O)[C@@H]2CCC(=O)NC(=O)N2)CCC1. The zero-order chi connectivity index (χ0) is 14.6. The molecule has 0 spiro atoms. The number of urea groups is 1. The van der Waals surface area contributed by atoms with Crippen molar-refractivity contribution in [1.82, 2.24) is 16.0 Å². The number of ether oxygens (including phenoxy) is 1. The van der Waals surface area contributed by atoms with Gasteiger partial charge in [-0.05, 0) is 19.3 Å². The molecule has 7 nitrogen and oxygen atoms in total. The maximum Gasteiger partial charge on any atom is 0.322 e. The Hall–Kier alpha value is -1.63. The Balaban J connectivity index is 1.84. The molecule has 4 amide bonds. The van der Waals surface area contributed by atoms with E-state index in [0.717, 1.165) is 19.3 Å². The summed E-state index contributed by atoms with van der Waals surface area (Å²) in [5.74, 6) is -0.593. The summed E-state index contributed by atoms with van der Waals surface area (Å²) in [5, 5.41) is 7.52. The normalized spacial score (nSPS) is 24.9. The van der Waals surface area contributed by atoms with Gasteiger partial charge in [0.2, 0.25) is 11.8 Å². The van der Waals surface area contributed by atoms with Crippen molar-refractivity contribution >= 4 is 17.8 Å². The fraction of sp³-hybridized carbons (Fsp3) is 0.769. The topological polar surface area (TPSA) is 96.5 Å². The molecule has 0 radical (unpaired) electrons. The van der Waals surface area contributed by atoms with Crippen LogP contribution in [-0.4, -0.2) is 44.1 Å². The predicted octanol–water partition coefficient (Wildman–Crippen LogP) is -0.0925. The Bertz CT molecular complexity index is 406. The zero-order valence-corrected chi connectivity index (χ0v) is 11.7. The highest BCUT2D eigenvalue weighted by atomic mass is 16.5. The summed E-state index contributed by atoms with van der Waals surface area (Å²) in [6.07, 6.45) is 3.72. The van der Waals surface area contributed by atoms with E-state index in [9.17, 15) is 14.4 Å². The fourth-order valence-electron chi connectivity index (χ4n) is 2.68. The van der Waals surface area contributed by atoms with Crippen molar-refractivity contribution in [2.45, 2.75) is 38.1 Å². The number of imide groups is 1. The first kappa shape index (κ1) is 14.8. The van der Waals surface area contributed by atoms with Crippen molar-refractivity contribution in [2.24, 2.45) is 5.41 Å². The lowest BCUT2D eigenvalue weighted by Gasteiger charge is -2.41. The van der Waals surface area contributed by atoms with Gasteiger partial charge in [-0.2, -0.15) is 0 Å². The number of hydrogen-bond donors (Lipinski definition) is 3. The Labute approximate surface area is 117 Å². The molecule has 0 aromatic rings. The van der Waals surface area contributed by atoms with E-state index in [0.29, 0.717) is 19.6 Å². The summed E-state index contributed by atoms with van der Waals surface area (Å²) in [7, 11) is 1.66. The number of hydrogen-bond acceptors (Lipinski definition) is 4. The second-order valence-corrected chi connectivity index (χ2v) is 5.62. The van der Waals surface area contributed by atoms with Crippen LogP contribution in [-0.2, 0) is 14.3 Å². The summed E-state index contributed by atoms with van der Waals surface area (Å²) >= 11 is 0. The third kappa shape index (κ3) is 3.47. The summed E-state index contributed by atoms with van der Waals surface area (Å²) < 4.78 is 5.20. The van der Waals surface area contributed by atoms with Crippen LogP contribution in [0.2, 0.25) is 0 Å². The maximum absolute atomic E-state index is 12.1. The van der Waals surface area contributed by atoms with Crippen LogP contribution < -0.4 is 16.0 Å². The third-order valence-electron chi connectivity index (χ3n) is 4.04. The van der Waals surface area contributed by atoms with Crippen LogP contribution in [0.15, 0.2) is 0 Å². The molecule has 2 fully saturated rings. The molecular formula is C13H21N3O4. The lowest BCUT2D eigenvalue weighted by atomic mass is 9.69. The van der Waals surface area contributed by atoms with E-state index >= 15 is 0 Å². The van der Waals surface area contributed by atoms with Crippen molar-refractivity contribution in [2.75, 3.05) is 20.3 Å². The van der Waals surface area contributed by atoms with Crippen LogP contribution in [0.1, 0.15) is 32.1 Å². The minimum absolute atomic E-state index is 0.0349. The Kier molecular flexibility index (Phi) is 4.59. The summed E-state index contributed by atoms with van der Waals surface area (Å²) in [6, 6.07) is -1.26. The Morgan fingerprint density at radius 1 is 1.45 bits per heavy atom. The van der Waals surface area contributed by atoms with E-state index < -0.39 is 12.1 Å². The molecule has 0 aromatic heterocycles. The minimum Gasteiger partial charge on any atom is -0.384 e. The molecule has 1 atom stereocenters. The first-order valence-electron chi connectivity index (χ1n) is 6.92. The highest BCUT2D eigenvalue weighted by Gasteiger charge is 2.38. The average Bonchev–Trinajstić information content (AvgIpc) is 2.53. The van der Waals surface area contributed by atoms with Crippen LogP contribution in [0.4, 0.5) is 4.79 Å². The van der Waals surface area contributed by atoms with Crippen LogP contribution in [0, 0.1) is 5.41 Å². The first-order valence-corrected chi connectivity index (χ1v) is 6.92. The van der Waals surface area contributed by atoms with Gasteiger partial charge >= 0.3 is 6.03 Å². The molecule has 1 aliphatic carbocycles. The monoisotopic (exact) mass is 283 g/mol. The van der Waals surface area contributed by atoms with Gasteiger partial charge in [0.05, 0.1) is 6.61 Å².